The van der Waals surface area contributed by atoms with Crippen LogP contribution in [-0.4, -0.2) is 54.1 Å². The van der Waals surface area contributed by atoms with Crippen molar-refractivity contribution in [2.45, 2.75) is 51.2 Å². The Morgan fingerprint density at radius 3 is 2.39 bits per heavy atom. The molecule has 0 radical (unpaired) electrons. The van der Waals surface area contributed by atoms with Crippen molar-refractivity contribution in [3.63, 3.8) is 0 Å². The van der Waals surface area contributed by atoms with Crippen LogP contribution >= 0.6 is 0 Å². The first-order valence-corrected chi connectivity index (χ1v) is 6.46. The minimum Gasteiger partial charge on any atom is -0.444 e. The highest BCUT2D eigenvalue weighted by Gasteiger charge is 2.40. The van der Waals surface area contributed by atoms with Crippen LogP contribution in [0, 0.1) is 0 Å². The molecule has 0 aliphatic carbocycles. The lowest BCUT2D eigenvalue weighted by atomic mass is 9.85. The van der Waals surface area contributed by atoms with Gasteiger partial charge < -0.3 is 19.5 Å². The van der Waals surface area contributed by atoms with Gasteiger partial charge in [0.2, 0.25) is 0 Å². The smallest absolute Gasteiger partial charge is 0.410 e. The van der Waals surface area contributed by atoms with Crippen molar-refractivity contribution < 1.29 is 19.4 Å². The molecular weight excluding hydrogens is 234 g/mol. The summed E-state index contributed by atoms with van der Waals surface area (Å²) in [7, 11) is 1.75. The number of rotatable bonds is 3. The second kappa shape index (κ2) is 5.89. The third kappa shape index (κ3) is 3.85. The number of amides is 1. The molecule has 0 bridgehead atoms. The molecule has 0 aromatic rings. The summed E-state index contributed by atoms with van der Waals surface area (Å²) in [6.07, 6.45) is 1.71. The maximum absolute atomic E-state index is 12.1. The third-order valence-electron chi connectivity index (χ3n) is 3.38. The van der Waals surface area contributed by atoms with Crippen LogP contribution in [0.4, 0.5) is 4.79 Å². The van der Waals surface area contributed by atoms with Crippen molar-refractivity contribution in [1.29, 1.82) is 0 Å². The number of nitrogens with zero attached hydrogens (tertiary/aromatic N) is 1. The van der Waals surface area contributed by atoms with E-state index in [9.17, 15) is 9.90 Å². The Bertz CT molecular complexity index is 274. The Morgan fingerprint density at radius 2 is 1.94 bits per heavy atom. The van der Waals surface area contributed by atoms with Crippen LogP contribution in [0.15, 0.2) is 0 Å². The summed E-state index contributed by atoms with van der Waals surface area (Å²) in [6, 6.07) is 0. The number of carbonyl (C=O) groups is 1. The first kappa shape index (κ1) is 15.2. The number of hydrogen-bond donors (Lipinski definition) is 1. The highest BCUT2D eigenvalue weighted by molar-refractivity contribution is 5.68. The average Bonchev–Trinajstić information content (AvgIpc) is 2.27. The summed E-state index contributed by atoms with van der Waals surface area (Å²) in [5.41, 5.74) is -0.841. The Labute approximate surface area is 109 Å². The number of ether oxygens (including phenoxy) is 2. The van der Waals surface area contributed by atoms with E-state index in [1.165, 1.54) is 0 Å². The monoisotopic (exact) mass is 259 g/mol. The summed E-state index contributed by atoms with van der Waals surface area (Å²) >= 11 is 0. The zero-order valence-electron chi connectivity index (χ0n) is 11.9. The predicted octanol–water partition coefficient (Wildman–Crippen LogP) is 1.78. The van der Waals surface area contributed by atoms with Crippen molar-refractivity contribution in [2.75, 3.05) is 26.9 Å². The fourth-order valence-corrected chi connectivity index (χ4v) is 2.24. The van der Waals surface area contributed by atoms with Gasteiger partial charge in [0.25, 0.3) is 0 Å². The lowest BCUT2D eigenvalue weighted by Crippen LogP contribution is -2.54. The van der Waals surface area contributed by atoms with Gasteiger partial charge in [0.15, 0.2) is 0 Å². The molecule has 5 heteroatoms. The van der Waals surface area contributed by atoms with E-state index in [-0.39, 0.29) is 18.2 Å². The zero-order valence-corrected chi connectivity index (χ0v) is 11.9. The Morgan fingerprint density at radius 1 is 1.39 bits per heavy atom. The van der Waals surface area contributed by atoms with Gasteiger partial charge in [-0.2, -0.15) is 0 Å². The maximum Gasteiger partial charge on any atom is 0.410 e. The van der Waals surface area contributed by atoms with Crippen molar-refractivity contribution in [2.24, 2.45) is 0 Å². The molecule has 1 aliphatic heterocycles. The van der Waals surface area contributed by atoms with Gasteiger partial charge in [-0.3, -0.25) is 0 Å². The largest absolute Gasteiger partial charge is 0.444 e. The van der Waals surface area contributed by atoms with Gasteiger partial charge >= 0.3 is 6.09 Å². The second-order valence-electron chi connectivity index (χ2n) is 5.85. The minimum atomic E-state index is -0.503. The van der Waals surface area contributed by atoms with E-state index in [1.807, 2.05) is 20.8 Å². The number of carbonyl (C=O) groups excluding carboxylic acids is 1. The summed E-state index contributed by atoms with van der Waals surface area (Å²) < 4.78 is 10.7. The second-order valence-corrected chi connectivity index (χ2v) is 5.85. The van der Waals surface area contributed by atoms with E-state index in [0.29, 0.717) is 19.6 Å². The molecule has 18 heavy (non-hydrogen) atoms. The van der Waals surface area contributed by atoms with E-state index in [4.69, 9.17) is 9.47 Å². The highest BCUT2D eigenvalue weighted by Crippen LogP contribution is 2.31. The van der Waals surface area contributed by atoms with Crippen molar-refractivity contribution >= 4 is 6.09 Å². The van der Waals surface area contributed by atoms with Crippen molar-refractivity contribution in [3.05, 3.63) is 0 Å². The molecule has 1 fully saturated rings. The van der Waals surface area contributed by atoms with Gasteiger partial charge in [-0.05, 0) is 40.0 Å². The predicted molar refractivity (Wildman–Crippen MR) is 68.5 cm³/mol. The third-order valence-corrected chi connectivity index (χ3v) is 3.38. The number of aliphatic hydroxyl groups is 1. The SMILES string of the molecule is CN(C(=O)OC(C)(C)C)C1(CCO)CCOCC1. The minimum absolute atomic E-state index is 0.0626. The fraction of sp³-hybridized carbons (Fsp3) is 0.923. The maximum atomic E-state index is 12.1. The topological polar surface area (TPSA) is 59.0 Å². The summed E-state index contributed by atoms with van der Waals surface area (Å²) in [4.78, 5) is 13.8. The van der Waals surface area contributed by atoms with Crippen LogP contribution in [-0.2, 0) is 9.47 Å². The lowest BCUT2D eigenvalue weighted by molar-refractivity contribution is -0.0435. The molecular formula is C13H25NO4. The van der Waals surface area contributed by atoms with E-state index < -0.39 is 5.60 Å². The molecule has 106 valence electrons. The van der Waals surface area contributed by atoms with Crippen molar-refractivity contribution in [1.82, 2.24) is 4.90 Å². The lowest BCUT2D eigenvalue weighted by Gasteiger charge is -2.44. The van der Waals surface area contributed by atoms with Crippen LogP contribution in [0.25, 0.3) is 0 Å². The Balaban J connectivity index is 2.75. The van der Waals surface area contributed by atoms with Crippen LogP contribution in [0.5, 0.6) is 0 Å². The normalized spacial score (nSPS) is 19.4. The first-order chi connectivity index (χ1) is 8.31. The van der Waals surface area contributed by atoms with Gasteiger partial charge in [0, 0.05) is 26.9 Å². The molecule has 0 unspecified atom stereocenters. The standard InChI is InChI=1S/C13H25NO4/c1-12(2,3)18-11(16)14(4)13(5-8-15)6-9-17-10-7-13/h15H,5-10H2,1-4H3. The summed E-state index contributed by atoms with van der Waals surface area (Å²) in [5.74, 6) is 0. The van der Waals surface area contributed by atoms with E-state index in [0.717, 1.165) is 12.8 Å². The molecule has 1 saturated heterocycles. The zero-order chi connectivity index (χ0) is 13.8. The average molecular weight is 259 g/mol. The Kier molecular flexibility index (Phi) is 4.99. The summed E-state index contributed by atoms with van der Waals surface area (Å²) in [6.45, 7) is 6.84. The summed E-state index contributed by atoms with van der Waals surface area (Å²) in [5, 5.41) is 9.23. The molecule has 0 atom stereocenters. The van der Waals surface area contributed by atoms with Gasteiger partial charge in [-0.15, -0.1) is 0 Å². The number of aliphatic hydroxyl groups excluding tert-OH is 1. The van der Waals surface area contributed by atoms with Gasteiger partial charge in [0.05, 0.1) is 5.54 Å². The van der Waals surface area contributed by atoms with Crippen molar-refractivity contribution in [3.8, 4) is 0 Å². The van der Waals surface area contributed by atoms with Gasteiger partial charge in [-0.25, -0.2) is 4.79 Å². The molecule has 1 heterocycles. The molecule has 0 aromatic carbocycles. The molecule has 1 rings (SSSR count). The number of hydrogen-bond acceptors (Lipinski definition) is 4. The van der Waals surface area contributed by atoms with Crippen LogP contribution in [0.1, 0.15) is 40.0 Å². The van der Waals surface area contributed by atoms with Crippen LogP contribution < -0.4 is 0 Å². The molecule has 0 saturated carbocycles. The van der Waals surface area contributed by atoms with Gasteiger partial charge in [-0.1, -0.05) is 0 Å². The van der Waals surface area contributed by atoms with Gasteiger partial charge in [0.1, 0.15) is 5.60 Å². The van der Waals surface area contributed by atoms with Crippen LogP contribution in [0.2, 0.25) is 0 Å². The van der Waals surface area contributed by atoms with E-state index in [1.54, 1.807) is 11.9 Å². The molecule has 0 spiro atoms. The molecule has 1 aliphatic rings. The fourth-order valence-electron chi connectivity index (χ4n) is 2.24. The molecule has 5 nitrogen and oxygen atoms in total. The highest BCUT2D eigenvalue weighted by atomic mass is 16.6. The molecule has 1 amide bonds. The quantitative estimate of drug-likeness (QED) is 0.839. The van der Waals surface area contributed by atoms with E-state index >= 15 is 0 Å². The Hall–Kier alpha value is -0.810. The molecule has 1 N–H and O–H groups in total. The van der Waals surface area contributed by atoms with Crippen LogP contribution in [0.3, 0.4) is 0 Å². The first-order valence-electron chi connectivity index (χ1n) is 6.46. The molecule has 0 aromatic heterocycles. The van der Waals surface area contributed by atoms with E-state index in [2.05, 4.69) is 0 Å².